The number of para-hydroxylation sites is 2. The van der Waals surface area contributed by atoms with E-state index >= 15 is 0 Å². The van der Waals surface area contributed by atoms with Gasteiger partial charge in [-0.05, 0) is 81.9 Å². The van der Waals surface area contributed by atoms with E-state index in [1.54, 1.807) is 0 Å². The Labute approximate surface area is 257 Å². The van der Waals surface area contributed by atoms with Crippen LogP contribution in [0.3, 0.4) is 0 Å². The van der Waals surface area contributed by atoms with Crippen LogP contribution in [-0.2, 0) is 0 Å². The molecular formula is C42H30N2. The van der Waals surface area contributed by atoms with Crippen molar-refractivity contribution in [3.63, 3.8) is 0 Å². The second-order valence-electron chi connectivity index (χ2n) is 11.1. The number of nitrogens with zero attached hydrogens (tertiary/aromatic N) is 1. The second-order valence-corrected chi connectivity index (χ2v) is 11.1. The lowest BCUT2D eigenvalue weighted by Crippen LogP contribution is -1.94. The number of hydrogen-bond acceptors (Lipinski definition) is 1. The van der Waals surface area contributed by atoms with Crippen LogP contribution >= 0.6 is 0 Å². The molecule has 0 spiro atoms. The number of anilines is 2. The number of hydrogen-bond donors (Lipinski definition) is 1. The van der Waals surface area contributed by atoms with Crippen LogP contribution < -0.4 is 5.32 Å². The molecule has 0 amide bonds. The van der Waals surface area contributed by atoms with Crippen molar-refractivity contribution in [2.24, 2.45) is 0 Å². The van der Waals surface area contributed by atoms with Gasteiger partial charge in [0.05, 0.1) is 11.0 Å². The average molecular weight is 563 g/mol. The molecule has 2 nitrogen and oxygen atoms in total. The summed E-state index contributed by atoms with van der Waals surface area (Å²) in [5.74, 6) is 0. The fourth-order valence-electron chi connectivity index (χ4n) is 6.29. The summed E-state index contributed by atoms with van der Waals surface area (Å²) in [6.45, 7) is 0. The minimum atomic E-state index is 1.05. The summed E-state index contributed by atoms with van der Waals surface area (Å²) in [5.41, 5.74) is 12.9. The molecule has 0 aliphatic rings. The van der Waals surface area contributed by atoms with Gasteiger partial charge in [-0.2, -0.15) is 0 Å². The Balaban J connectivity index is 1.11. The highest BCUT2D eigenvalue weighted by Crippen LogP contribution is 2.36. The average Bonchev–Trinajstić information content (AvgIpc) is 3.44. The van der Waals surface area contributed by atoms with Crippen molar-refractivity contribution in [1.82, 2.24) is 4.57 Å². The molecule has 1 aromatic heterocycles. The third kappa shape index (κ3) is 4.73. The van der Waals surface area contributed by atoms with E-state index in [-0.39, 0.29) is 0 Å². The van der Waals surface area contributed by atoms with Gasteiger partial charge in [-0.25, -0.2) is 0 Å². The molecule has 8 aromatic rings. The van der Waals surface area contributed by atoms with E-state index in [2.05, 4.69) is 186 Å². The number of benzene rings is 7. The Kier molecular flexibility index (Phi) is 6.51. The summed E-state index contributed by atoms with van der Waals surface area (Å²) in [7, 11) is 0. The zero-order chi connectivity index (χ0) is 29.3. The van der Waals surface area contributed by atoms with Crippen molar-refractivity contribution in [2.45, 2.75) is 0 Å². The van der Waals surface area contributed by atoms with Crippen LogP contribution in [-0.4, -0.2) is 4.57 Å². The lowest BCUT2D eigenvalue weighted by Gasteiger charge is -2.15. The normalized spacial score (nSPS) is 11.2. The van der Waals surface area contributed by atoms with Crippen molar-refractivity contribution in [2.75, 3.05) is 5.32 Å². The second kappa shape index (κ2) is 11.1. The molecule has 208 valence electrons. The first-order valence-corrected chi connectivity index (χ1v) is 15.0. The Hall–Kier alpha value is -5.86. The van der Waals surface area contributed by atoms with Gasteiger partial charge in [0, 0.05) is 27.8 Å². The molecule has 0 atom stereocenters. The van der Waals surface area contributed by atoms with Crippen molar-refractivity contribution in [3.05, 3.63) is 176 Å². The summed E-state index contributed by atoms with van der Waals surface area (Å²) in [5, 5.41) is 6.19. The molecule has 8 rings (SSSR count). The van der Waals surface area contributed by atoms with Crippen molar-refractivity contribution >= 4 is 33.2 Å². The van der Waals surface area contributed by atoms with Crippen LogP contribution in [0, 0.1) is 0 Å². The maximum atomic E-state index is 3.64. The molecule has 0 unspecified atom stereocenters. The van der Waals surface area contributed by atoms with Gasteiger partial charge in [0.25, 0.3) is 0 Å². The first-order chi connectivity index (χ1) is 21.8. The summed E-state index contributed by atoms with van der Waals surface area (Å²) < 4.78 is 2.37. The van der Waals surface area contributed by atoms with E-state index in [0.29, 0.717) is 0 Å². The van der Waals surface area contributed by atoms with Crippen LogP contribution in [0.2, 0.25) is 0 Å². The molecule has 2 heteroatoms. The highest BCUT2D eigenvalue weighted by molar-refractivity contribution is 6.09. The maximum Gasteiger partial charge on any atom is 0.0541 e. The number of fused-ring (bicyclic) bond motifs is 3. The Bertz CT molecular complexity index is 2170. The zero-order valence-electron chi connectivity index (χ0n) is 24.2. The highest BCUT2D eigenvalue weighted by Gasteiger charge is 2.12. The molecule has 0 aliphatic heterocycles. The van der Waals surface area contributed by atoms with Gasteiger partial charge in [0.2, 0.25) is 0 Å². The lowest BCUT2D eigenvalue weighted by atomic mass is 9.94. The predicted octanol–water partition coefficient (Wildman–Crippen LogP) is 11.5. The van der Waals surface area contributed by atoms with E-state index in [0.717, 1.165) is 17.1 Å². The fourth-order valence-corrected chi connectivity index (χ4v) is 6.29. The first-order valence-electron chi connectivity index (χ1n) is 15.0. The summed E-state index contributed by atoms with van der Waals surface area (Å²) in [6, 6.07) is 62.7. The molecule has 0 radical (unpaired) electrons. The Morgan fingerprint density at radius 3 is 1.55 bits per heavy atom. The van der Waals surface area contributed by atoms with E-state index < -0.39 is 0 Å². The van der Waals surface area contributed by atoms with Gasteiger partial charge >= 0.3 is 0 Å². The van der Waals surface area contributed by atoms with Gasteiger partial charge in [-0.1, -0.05) is 127 Å². The van der Waals surface area contributed by atoms with Gasteiger partial charge in [-0.3, -0.25) is 0 Å². The topological polar surface area (TPSA) is 17.0 Å². The maximum absolute atomic E-state index is 3.64. The monoisotopic (exact) mass is 562 g/mol. The largest absolute Gasteiger partial charge is 0.356 e. The third-order valence-electron chi connectivity index (χ3n) is 8.38. The van der Waals surface area contributed by atoms with Crippen molar-refractivity contribution in [3.8, 4) is 39.1 Å². The molecule has 0 fully saturated rings. The fraction of sp³-hybridized carbons (Fsp3) is 0. The van der Waals surface area contributed by atoms with Gasteiger partial charge in [0.1, 0.15) is 0 Å². The van der Waals surface area contributed by atoms with Crippen molar-refractivity contribution < 1.29 is 0 Å². The lowest BCUT2D eigenvalue weighted by molar-refractivity contribution is 1.18. The van der Waals surface area contributed by atoms with Crippen LogP contribution in [0.15, 0.2) is 176 Å². The Morgan fingerprint density at radius 1 is 0.341 bits per heavy atom. The molecule has 1 heterocycles. The molecule has 7 aromatic carbocycles. The zero-order valence-corrected chi connectivity index (χ0v) is 24.2. The molecule has 44 heavy (non-hydrogen) atoms. The minimum Gasteiger partial charge on any atom is -0.356 e. The molecular weight excluding hydrogens is 532 g/mol. The SMILES string of the molecule is c1ccc(-c2ccc(Nc3ccc(-c4cccc(-n5c6ccccc6c6ccccc65)c4)cc3)cc2-c2ccccc2)cc1. The van der Waals surface area contributed by atoms with E-state index in [1.807, 2.05) is 0 Å². The summed E-state index contributed by atoms with van der Waals surface area (Å²) >= 11 is 0. The van der Waals surface area contributed by atoms with Crippen LogP contribution in [0.25, 0.3) is 60.9 Å². The number of rotatable bonds is 6. The summed E-state index contributed by atoms with van der Waals surface area (Å²) in [4.78, 5) is 0. The molecule has 0 saturated heterocycles. The predicted molar refractivity (Wildman–Crippen MR) is 187 cm³/mol. The van der Waals surface area contributed by atoms with Gasteiger partial charge in [-0.15, -0.1) is 0 Å². The van der Waals surface area contributed by atoms with Gasteiger partial charge < -0.3 is 9.88 Å². The molecule has 0 aliphatic carbocycles. The smallest absolute Gasteiger partial charge is 0.0541 e. The van der Waals surface area contributed by atoms with E-state index in [1.165, 1.54) is 55.2 Å². The molecule has 0 saturated carbocycles. The number of nitrogens with one attached hydrogen (secondary N) is 1. The quantitative estimate of drug-likeness (QED) is 0.213. The van der Waals surface area contributed by atoms with Crippen LogP contribution in [0.5, 0.6) is 0 Å². The molecule has 1 N–H and O–H groups in total. The van der Waals surface area contributed by atoms with E-state index in [9.17, 15) is 0 Å². The summed E-state index contributed by atoms with van der Waals surface area (Å²) in [6.07, 6.45) is 0. The third-order valence-corrected chi connectivity index (χ3v) is 8.38. The molecule has 0 bridgehead atoms. The minimum absolute atomic E-state index is 1.05. The highest BCUT2D eigenvalue weighted by atomic mass is 15.0. The van der Waals surface area contributed by atoms with E-state index in [4.69, 9.17) is 0 Å². The van der Waals surface area contributed by atoms with Crippen LogP contribution in [0.1, 0.15) is 0 Å². The van der Waals surface area contributed by atoms with Gasteiger partial charge in [0.15, 0.2) is 0 Å². The Morgan fingerprint density at radius 2 is 0.886 bits per heavy atom. The standard InChI is InChI=1S/C42H30N2/c1-3-12-31(13-4-1)37-27-26-35(29-40(37)32-14-5-2-6-15-32)43-34-24-22-30(23-25-34)33-16-11-17-36(28-33)44-41-20-9-7-18-38(41)39-19-8-10-21-42(39)44/h1-29,43H. The van der Waals surface area contributed by atoms with Crippen molar-refractivity contribution in [1.29, 1.82) is 0 Å². The number of aromatic nitrogens is 1. The van der Waals surface area contributed by atoms with Crippen LogP contribution in [0.4, 0.5) is 11.4 Å². The first kappa shape index (κ1) is 25.8.